The monoisotopic (exact) mass is 302 g/mol. The molecule has 2 bridgehead atoms. The van der Waals surface area contributed by atoms with Crippen LogP contribution in [0.25, 0.3) is 0 Å². The number of hydrogen-bond donors (Lipinski definition) is 2. The Hall–Kier alpha value is -0.280. The maximum absolute atomic E-state index is 12.3. The van der Waals surface area contributed by atoms with Gasteiger partial charge in [0.15, 0.2) is 0 Å². The fraction of sp³-hybridized carbons (Fsp3) is 0.938. The third-order valence-corrected chi connectivity index (χ3v) is 5.48. The van der Waals surface area contributed by atoms with Gasteiger partial charge in [0, 0.05) is 24.0 Å². The van der Waals surface area contributed by atoms with Crippen LogP contribution in [0.1, 0.15) is 72.1 Å². The first-order valence-electron chi connectivity index (χ1n) is 8.17. The Morgan fingerprint density at radius 1 is 1.10 bits per heavy atom. The zero-order valence-corrected chi connectivity index (χ0v) is 14.0. The lowest BCUT2D eigenvalue weighted by Gasteiger charge is -2.34. The molecule has 1 amide bonds. The molecular formula is C16H31ClN2O. The number of halogens is 1. The summed E-state index contributed by atoms with van der Waals surface area (Å²) >= 11 is 0. The van der Waals surface area contributed by atoms with E-state index in [4.69, 9.17) is 0 Å². The Kier molecular flexibility index (Phi) is 6.80. The average molecular weight is 303 g/mol. The Morgan fingerprint density at radius 2 is 1.60 bits per heavy atom. The van der Waals surface area contributed by atoms with Crippen LogP contribution in [0.15, 0.2) is 0 Å². The van der Waals surface area contributed by atoms with Gasteiger partial charge in [0.25, 0.3) is 0 Å². The Balaban J connectivity index is 0.00000200. The number of rotatable bonds is 6. The topological polar surface area (TPSA) is 41.1 Å². The molecule has 0 radical (unpaired) electrons. The van der Waals surface area contributed by atoms with E-state index in [1.54, 1.807) is 0 Å². The number of amides is 1. The summed E-state index contributed by atoms with van der Waals surface area (Å²) in [7, 11) is 0. The molecule has 2 heterocycles. The summed E-state index contributed by atoms with van der Waals surface area (Å²) in [4.78, 5) is 12.3. The van der Waals surface area contributed by atoms with Gasteiger partial charge >= 0.3 is 0 Å². The summed E-state index contributed by atoms with van der Waals surface area (Å²) < 4.78 is 0. The number of carbonyl (C=O) groups excluding carboxylic acids is 1. The number of carbonyl (C=O) groups is 1. The highest BCUT2D eigenvalue weighted by Crippen LogP contribution is 2.33. The maximum Gasteiger partial charge on any atom is 0.220 e. The van der Waals surface area contributed by atoms with Crippen molar-refractivity contribution in [3.8, 4) is 0 Å². The molecular weight excluding hydrogens is 272 g/mol. The van der Waals surface area contributed by atoms with Crippen LogP contribution in [-0.4, -0.2) is 23.5 Å². The molecule has 3 nitrogen and oxygen atoms in total. The van der Waals surface area contributed by atoms with Crippen molar-refractivity contribution in [2.45, 2.75) is 89.8 Å². The van der Waals surface area contributed by atoms with Crippen molar-refractivity contribution in [2.24, 2.45) is 5.92 Å². The van der Waals surface area contributed by atoms with Crippen LogP contribution in [0.5, 0.6) is 0 Å². The van der Waals surface area contributed by atoms with Crippen molar-refractivity contribution in [3.05, 3.63) is 0 Å². The van der Waals surface area contributed by atoms with Gasteiger partial charge in [-0.3, -0.25) is 4.79 Å². The summed E-state index contributed by atoms with van der Waals surface area (Å²) in [5.41, 5.74) is 0.0307. The largest absolute Gasteiger partial charge is 0.351 e. The summed E-state index contributed by atoms with van der Waals surface area (Å²) in [6.07, 6.45) is 8.84. The van der Waals surface area contributed by atoms with Crippen LogP contribution >= 0.6 is 12.4 Å². The maximum atomic E-state index is 12.3. The lowest BCUT2D eigenvalue weighted by atomic mass is 9.87. The van der Waals surface area contributed by atoms with E-state index in [0.29, 0.717) is 18.0 Å². The summed E-state index contributed by atoms with van der Waals surface area (Å²) in [5.74, 6) is 0.874. The fourth-order valence-corrected chi connectivity index (χ4v) is 3.97. The zero-order chi connectivity index (χ0) is 13.9. The highest BCUT2D eigenvalue weighted by atomic mass is 35.5. The molecule has 4 heteroatoms. The minimum absolute atomic E-state index is 0. The van der Waals surface area contributed by atoms with E-state index < -0.39 is 0 Å². The molecule has 2 N–H and O–H groups in total. The van der Waals surface area contributed by atoms with Crippen molar-refractivity contribution in [3.63, 3.8) is 0 Å². The van der Waals surface area contributed by atoms with Crippen LogP contribution in [0, 0.1) is 5.92 Å². The molecule has 0 aromatic rings. The molecule has 2 rings (SSSR count). The minimum atomic E-state index is 0. The lowest BCUT2D eigenvalue weighted by molar-refractivity contribution is -0.124. The third-order valence-electron chi connectivity index (χ3n) is 5.48. The van der Waals surface area contributed by atoms with E-state index >= 15 is 0 Å². The molecule has 2 fully saturated rings. The SMILES string of the molecule is CCC(CC)(CC)NC(=O)CC1CC2CCC(C1)N2.Cl. The van der Waals surface area contributed by atoms with E-state index in [2.05, 4.69) is 31.4 Å². The summed E-state index contributed by atoms with van der Waals surface area (Å²) in [6, 6.07) is 1.37. The van der Waals surface area contributed by atoms with Crippen molar-refractivity contribution in [2.75, 3.05) is 0 Å². The molecule has 0 spiro atoms. The molecule has 118 valence electrons. The Labute approximate surface area is 130 Å². The second-order valence-electron chi connectivity index (χ2n) is 6.57. The van der Waals surface area contributed by atoms with Gasteiger partial charge in [0.1, 0.15) is 0 Å². The molecule has 20 heavy (non-hydrogen) atoms. The molecule has 0 aromatic heterocycles. The van der Waals surface area contributed by atoms with E-state index in [1.165, 1.54) is 25.7 Å². The molecule has 2 aliphatic heterocycles. The first kappa shape index (κ1) is 17.8. The van der Waals surface area contributed by atoms with Gasteiger partial charge in [-0.2, -0.15) is 0 Å². The highest BCUT2D eigenvalue weighted by Gasteiger charge is 2.35. The molecule has 2 aliphatic rings. The van der Waals surface area contributed by atoms with Gasteiger partial charge in [-0.1, -0.05) is 20.8 Å². The predicted octanol–water partition coefficient (Wildman–Crippen LogP) is 3.41. The molecule has 0 aliphatic carbocycles. The Morgan fingerprint density at radius 3 is 2.05 bits per heavy atom. The van der Waals surface area contributed by atoms with E-state index in [9.17, 15) is 4.79 Å². The number of hydrogen-bond acceptors (Lipinski definition) is 2. The standard InChI is InChI=1S/C16H30N2O.ClH/c1-4-16(5-2,6-3)18-15(19)11-12-9-13-7-8-14(10-12)17-13;/h12-14,17H,4-11H2,1-3H3,(H,18,19);1H. The van der Waals surface area contributed by atoms with E-state index in [0.717, 1.165) is 25.7 Å². The lowest BCUT2D eigenvalue weighted by Crippen LogP contribution is -2.48. The van der Waals surface area contributed by atoms with Crippen LogP contribution in [0.3, 0.4) is 0 Å². The van der Waals surface area contributed by atoms with Gasteiger partial charge in [-0.25, -0.2) is 0 Å². The fourth-order valence-electron chi connectivity index (χ4n) is 3.97. The minimum Gasteiger partial charge on any atom is -0.351 e. The van der Waals surface area contributed by atoms with E-state index in [1.807, 2.05) is 0 Å². The summed E-state index contributed by atoms with van der Waals surface area (Å²) in [6.45, 7) is 6.54. The predicted molar refractivity (Wildman–Crippen MR) is 86.3 cm³/mol. The van der Waals surface area contributed by atoms with Gasteiger partial charge < -0.3 is 10.6 Å². The normalized spacial score (nSPS) is 28.9. The van der Waals surface area contributed by atoms with Crippen molar-refractivity contribution < 1.29 is 4.79 Å². The third kappa shape index (κ3) is 4.11. The number of piperidine rings is 1. The second-order valence-corrected chi connectivity index (χ2v) is 6.57. The molecule has 2 saturated heterocycles. The van der Waals surface area contributed by atoms with Crippen LogP contribution in [0.2, 0.25) is 0 Å². The molecule has 2 unspecified atom stereocenters. The van der Waals surface area contributed by atoms with Gasteiger partial charge in [0.05, 0.1) is 0 Å². The molecule has 2 atom stereocenters. The Bertz CT molecular complexity index is 297. The van der Waals surface area contributed by atoms with Crippen LogP contribution in [0.4, 0.5) is 0 Å². The first-order valence-corrected chi connectivity index (χ1v) is 8.17. The van der Waals surface area contributed by atoms with Gasteiger partial charge in [0.2, 0.25) is 5.91 Å². The van der Waals surface area contributed by atoms with Gasteiger partial charge in [-0.05, 0) is 50.9 Å². The van der Waals surface area contributed by atoms with Crippen LogP contribution < -0.4 is 10.6 Å². The van der Waals surface area contributed by atoms with Crippen molar-refractivity contribution in [1.29, 1.82) is 0 Å². The zero-order valence-electron chi connectivity index (χ0n) is 13.2. The first-order chi connectivity index (χ1) is 9.10. The summed E-state index contributed by atoms with van der Waals surface area (Å²) in [5, 5.41) is 6.96. The average Bonchev–Trinajstić information content (AvgIpc) is 2.75. The smallest absolute Gasteiger partial charge is 0.220 e. The second kappa shape index (κ2) is 7.65. The van der Waals surface area contributed by atoms with Crippen molar-refractivity contribution in [1.82, 2.24) is 10.6 Å². The molecule has 0 saturated carbocycles. The number of nitrogens with one attached hydrogen (secondary N) is 2. The van der Waals surface area contributed by atoms with Crippen LogP contribution in [-0.2, 0) is 4.79 Å². The number of fused-ring (bicyclic) bond motifs is 2. The van der Waals surface area contributed by atoms with Crippen molar-refractivity contribution >= 4 is 18.3 Å². The quantitative estimate of drug-likeness (QED) is 0.789. The van der Waals surface area contributed by atoms with E-state index in [-0.39, 0.29) is 23.9 Å². The van der Waals surface area contributed by atoms with Gasteiger partial charge in [-0.15, -0.1) is 12.4 Å². The molecule has 0 aromatic carbocycles. The highest BCUT2D eigenvalue weighted by molar-refractivity contribution is 5.85.